The van der Waals surface area contributed by atoms with Crippen molar-refractivity contribution in [3.63, 3.8) is 0 Å². The van der Waals surface area contributed by atoms with Crippen molar-refractivity contribution in [2.24, 2.45) is 0 Å². The summed E-state index contributed by atoms with van der Waals surface area (Å²) in [4.78, 5) is 17.7. The second-order valence-corrected chi connectivity index (χ2v) is 9.54. The van der Waals surface area contributed by atoms with E-state index < -0.39 is 0 Å². The molecule has 0 unspecified atom stereocenters. The fourth-order valence-electron chi connectivity index (χ4n) is 5.48. The van der Waals surface area contributed by atoms with E-state index in [4.69, 9.17) is 9.15 Å². The molecule has 3 aromatic rings. The Bertz CT molecular complexity index is 1170. The maximum atomic E-state index is 13.1. The largest absolute Gasteiger partial charge is 0.496 e. The summed E-state index contributed by atoms with van der Waals surface area (Å²) >= 11 is 0. The van der Waals surface area contributed by atoms with Gasteiger partial charge in [-0.2, -0.15) is 0 Å². The summed E-state index contributed by atoms with van der Waals surface area (Å²) in [5.74, 6) is 0.795. The highest BCUT2D eigenvalue weighted by Gasteiger charge is 2.26. The van der Waals surface area contributed by atoms with E-state index in [0.717, 1.165) is 59.4 Å². The third-order valence-electron chi connectivity index (χ3n) is 7.46. The number of rotatable bonds is 5. The minimum Gasteiger partial charge on any atom is -0.496 e. The normalized spacial score (nSPS) is 18.4. The molecule has 1 amide bonds. The molecule has 1 aliphatic carbocycles. The van der Waals surface area contributed by atoms with Gasteiger partial charge in [0.25, 0.3) is 0 Å². The van der Waals surface area contributed by atoms with Crippen LogP contribution in [0.4, 0.5) is 0 Å². The molecule has 5 heteroatoms. The lowest BCUT2D eigenvalue weighted by Crippen LogP contribution is -2.52. The van der Waals surface area contributed by atoms with Crippen LogP contribution in [0.2, 0.25) is 0 Å². The Hall–Kier alpha value is -3.05. The first kappa shape index (κ1) is 22.7. The molecule has 2 aliphatic rings. The molecule has 0 radical (unpaired) electrons. The standard InChI is InChI=1S/C29H34N2O3/c1-21(17-29(32)31-15-13-30(14-16-31)23-11-7-4-8-12-23)24-18-25-26(22-9-5-3-6-10-22)20-34-28(25)19-27(24)33-2/h3,5-6,9-10,17-20,23H,4,7-8,11-16H2,1-2H3/b21-17+. The van der Waals surface area contributed by atoms with E-state index in [1.165, 1.54) is 32.1 Å². The van der Waals surface area contributed by atoms with E-state index in [1.807, 2.05) is 36.1 Å². The van der Waals surface area contributed by atoms with Gasteiger partial charge in [0.2, 0.25) is 5.91 Å². The molecule has 1 aromatic heterocycles. The number of hydrogen-bond donors (Lipinski definition) is 0. The molecule has 2 heterocycles. The minimum absolute atomic E-state index is 0.0819. The highest BCUT2D eigenvalue weighted by Crippen LogP contribution is 2.37. The van der Waals surface area contributed by atoms with E-state index in [9.17, 15) is 4.79 Å². The van der Waals surface area contributed by atoms with Crippen LogP contribution in [-0.2, 0) is 4.79 Å². The van der Waals surface area contributed by atoms with Gasteiger partial charge in [-0.05, 0) is 37.0 Å². The van der Waals surface area contributed by atoms with Crippen molar-refractivity contribution >= 4 is 22.4 Å². The van der Waals surface area contributed by atoms with Crippen molar-refractivity contribution in [1.82, 2.24) is 9.80 Å². The summed E-state index contributed by atoms with van der Waals surface area (Å²) in [7, 11) is 1.66. The van der Waals surface area contributed by atoms with Gasteiger partial charge in [-0.15, -0.1) is 0 Å². The summed E-state index contributed by atoms with van der Waals surface area (Å²) in [5.41, 5.74) is 4.74. The van der Waals surface area contributed by atoms with Crippen molar-refractivity contribution in [1.29, 1.82) is 0 Å². The predicted molar refractivity (Wildman–Crippen MR) is 137 cm³/mol. The number of ether oxygens (including phenoxy) is 1. The highest BCUT2D eigenvalue weighted by atomic mass is 16.5. The molecular formula is C29H34N2O3. The number of methoxy groups -OCH3 is 1. The first-order valence-electron chi connectivity index (χ1n) is 12.5. The van der Waals surface area contributed by atoms with Crippen LogP contribution in [-0.4, -0.2) is 55.0 Å². The lowest BCUT2D eigenvalue weighted by molar-refractivity contribution is -0.128. The third kappa shape index (κ3) is 4.62. The minimum atomic E-state index is 0.0819. The van der Waals surface area contributed by atoms with Crippen LogP contribution in [0, 0.1) is 0 Å². The molecule has 0 N–H and O–H groups in total. The van der Waals surface area contributed by atoms with Crippen LogP contribution in [0.1, 0.15) is 44.6 Å². The number of carbonyl (C=O) groups is 1. The Morgan fingerprint density at radius 2 is 1.76 bits per heavy atom. The van der Waals surface area contributed by atoms with Crippen LogP contribution >= 0.6 is 0 Å². The molecule has 1 aliphatic heterocycles. The average molecular weight is 459 g/mol. The summed E-state index contributed by atoms with van der Waals surface area (Å²) < 4.78 is 11.5. The molecule has 2 fully saturated rings. The Morgan fingerprint density at radius 3 is 2.47 bits per heavy atom. The fraction of sp³-hybridized carbons (Fsp3) is 0.414. The van der Waals surface area contributed by atoms with Crippen LogP contribution in [0.25, 0.3) is 27.7 Å². The van der Waals surface area contributed by atoms with Gasteiger partial charge in [0, 0.05) is 60.9 Å². The second kappa shape index (κ2) is 10.1. The summed E-state index contributed by atoms with van der Waals surface area (Å²) in [6, 6.07) is 14.9. The quantitative estimate of drug-likeness (QED) is 0.441. The Kier molecular flexibility index (Phi) is 6.73. The number of benzene rings is 2. The molecule has 34 heavy (non-hydrogen) atoms. The van der Waals surface area contributed by atoms with Crippen molar-refractivity contribution < 1.29 is 13.9 Å². The monoisotopic (exact) mass is 458 g/mol. The van der Waals surface area contributed by atoms with E-state index in [-0.39, 0.29) is 5.91 Å². The summed E-state index contributed by atoms with van der Waals surface area (Å²) in [6.07, 6.45) is 10.3. The predicted octanol–water partition coefficient (Wildman–Crippen LogP) is 5.99. The van der Waals surface area contributed by atoms with E-state index in [1.54, 1.807) is 19.4 Å². The van der Waals surface area contributed by atoms with Gasteiger partial charge in [-0.25, -0.2) is 0 Å². The fourth-order valence-corrected chi connectivity index (χ4v) is 5.48. The number of fused-ring (bicyclic) bond motifs is 1. The zero-order chi connectivity index (χ0) is 23.5. The molecule has 0 atom stereocenters. The lowest BCUT2D eigenvalue weighted by atomic mass is 9.94. The molecule has 1 saturated heterocycles. The molecule has 0 bridgehead atoms. The Morgan fingerprint density at radius 1 is 1.03 bits per heavy atom. The van der Waals surface area contributed by atoms with Crippen molar-refractivity contribution in [3.05, 3.63) is 60.4 Å². The Balaban J connectivity index is 1.35. The first-order chi connectivity index (χ1) is 16.6. The number of allylic oxidation sites excluding steroid dienone is 1. The number of amides is 1. The smallest absolute Gasteiger partial charge is 0.246 e. The maximum Gasteiger partial charge on any atom is 0.246 e. The highest BCUT2D eigenvalue weighted by molar-refractivity contribution is 6.00. The SMILES string of the molecule is COc1cc2occ(-c3ccccc3)c2cc1/C(C)=C/C(=O)N1CCN(C2CCCCC2)CC1. The van der Waals surface area contributed by atoms with Crippen molar-refractivity contribution in [2.45, 2.75) is 45.1 Å². The van der Waals surface area contributed by atoms with Crippen LogP contribution in [0.3, 0.4) is 0 Å². The third-order valence-corrected chi connectivity index (χ3v) is 7.46. The summed E-state index contributed by atoms with van der Waals surface area (Å²) in [6.45, 7) is 5.55. The molecular weight excluding hydrogens is 424 g/mol. The number of carbonyl (C=O) groups excluding carboxylic acids is 1. The van der Waals surface area contributed by atoms with Gasteiger partial charge in [0.1, 0.15) is 11.3 Å². The van der Waals surface area contributed by atoms with Gasteiger partial charge in [-0.3, -0.25) is 9.69 Å². The molecule has 1 saturated carbocycles. The van der Waals surface area contributed by atoms with Gasteiger partial charge >= 0.3 is 0 Å². The van der Waals surface area contributed by atoms with E-state index in [0.29, 0.717) is 11.8 Å². The topological polar surface area (TPSA) is 45.9 Å². The van der Waals surface area contributed by atoms with Gasteiger partial charge in [-0.1, -0.05) is 49.6 Å². The van der Waals surface area contributed by atoms with Crippen molar-refractivity contribution in [3.8, 4) is 16.9 Å². The summed E-state index contributed by atoms with van der Waals surface area (Å²) in [5, 5.41) is 1.02. The number of furan rings is 1. The molecule has 0 spiro atoms. The molecule has 5 rings (SSSR count). The first-order valence-corrected chi connectivity index (χ1v) is 12.5. The van der Waals surface area contributed by atoms with Crippen LogP contribution < -0.4 is 4.74 Å². The molecule has 178 valence electrons. The van der Waals surface area contributed by atoms with Crippen LogP contribution in [0.5, 0.6) is 5.75 Å². The zero-order valence-corrected chi connectivity index (χ0v) is 20.3. The number of hydrogen-bond acceptors (Lipinski definition) is 4. The number of nitrogens with zero attached hydrogens (tertiary/aromatic N) is 2. The van der Waals surface area contributed by atoms with Crippen molar-refractivity contribution in [2.75, 3.05) is 33.3 Å². The molecule has 5 nitrogen and oxygen atoms in total. The average Bonchev–Trinajstić information content (AvgIpc) is 3.32. The van der Waals surface area contributed by atoms with Gasteiger partial charge < -0.3 is 14.1 Å². The number of piperazine rings is 1. The van der Waals surface area contributed by atoms with Gasteiger partial charge in [0.15, 0.2) is 0 Å². The van der Waals surface area contributed by atoms with E-state index in [2.05, 4.69) is 23.1 Å². The van der Waals surface area contributed by atoms with Gasteiger partial charge in [0.05, 0.1) is 13.4 Å². The Labute approximate surface area is 202 Å². The maximum absolute atomic E-state index is 13.1. The second-order valence-electron chi connectivity index (χ2n) is 9.54. The molecule has 2 aromatic carbocycles. The van der Waals surface area contributed by atoms with E-state index >= 15 is 0 Å². The zero-order valence-electron chi connectivity index (χ0n) is 20.3. The van der Waals surface area contributed by atoms with Crippen LogP contribution in [0.15, 0.2) is 59.2 Å². The lowest BCUT2D eigenvalue weighted by Gasteiger charge is -2.40.